The molecule has 39 heavy (non-hydrogen) atoms. The summed E-state index contributed by atoms with van der Waals surface area (Å²) in [6.45, 7) is 2.18. The molecule has 0 amide bonds. The average Bonchev–Trinajstić information content (AvgIpc) is 3.57. The van der Waals surface area contributed by atoms with Crippen molar-refractivity contribution in [1.82, 2.24) is 9.13 Å². The van der Waals surface area contributed by atoms with Crippen molar-refractivity contribution in [1.29, 1.82) is 0 Å². The highest BCUT2D eigenvalue weighted by atomic mass is 15.0. The van der Waals surface area contributed by atoms with E-state index >= 15 is 0 Å². The maximum atomic E-state index is 2.42. The van der Waals surface area contributed by atoms with Crippen molar-refractivity contribution >= 4 is 43.5 Å². The number of fused-ring (bicyclic) bond motifs is 7. The van der Waals surface area contributed by atoms with Crippen molar-refractivity contribution in [2.45, 2.75) is 6.92 Å². The first kappa shape index (κ1) is 22.0. The zero-order valence-corrected chi connectivity index (χ0v) is 21.7. The first-order valence-corrected chi connectivity index (χ1v) is 13.5. The van der Waals surface area contributed by atoms with E-state index in [1.54, 1.807) is 0 Å². The Labute approximate surface area is 227 Å². The summed E-state index contributed by atoms with van der Waals surface area (Å²) < 4.78 is 4.77. The van der Waals surface area contributed by atoms with Gasteiger partial charge in [0.25, 0.3) is 0 Å². The number of aromatic nitrogens is 2. The van der Waals surface area contributed by atoms with E-state index in [1.807, 2.05) is 0 Å². The van der Waals surface area contributed by atoms with Gasteiger partial charge in [-0.1, -0.05) is 97.1 Å². The molecule has 0 saturated heterocycles. The van der Waals surface area contributed by atoms with Gasteiger partial charge in [-0.05, 0) is 65.4 Å². The lowest BCUT2D eigenvalue weighted by Gasteiger charge is -2.12. The Hall–Kier alpha value is -5.08. The van der Waals surface area contributed by atoms with Crippen molar-refractivity contribution in [3.8, 4) is 22.5 Å². The van der Waals surface area contributed by atoms with Crippen LogP contribution < -0.4 is 0 Å². The van der Waals surface area contributed by atoms with Gasteiger partial charge in [0.15, 0.2) is 0 Å². The highest BCUT2D eigenvalue weighted by Gasteiger charge is 2.17. The van der Waals surface area contributed by atoms with Gasteiger partial charge in [0.05, 0.1) is 16.6 Å². The van der Waals surface area contributed by atoms with Crippen LogP contribution in [0.2, 0.25) is 0 Å². The molecule has 0 atom stereocenters. The van der Waals surface area contributed by atoms with Gasteiger partial charge in [-0.25, -0.2) is 0 Å². The van der Waals surface area contributed by atoms with Crippen LogP contribution in [0.3, 0.4) is 0 Å². The lowest BCUT2D eigenvalue weighted by Crippen LogP contribution is -1.96. The molecule has 0 radical (unpaired) electrons. The molecule has 0 N–H and O–H groups in total. The Morgan fingerprint density at radius 2 is 1.28 bits per heavy atom. The second-order valence-electron chi connectivity index (χ2n) is 10.3. The van der Waals surface area contributed by atoms with Gasteiger partial charge < -0.3 is 9.13 Å². The molecule has 0 aliphatic heterocycles. The molecule has 2 aromatic heterocycles. The largest absolute Gasteiger partial charge is 0.316 e. The Morgan fingerprint density at radius 1 is 0.513 bits per heavy atom. The van der Waals surface area contributed by atoms with Crippen LogP contribution in [0.4, 0.5) is 0 Å². The van der Waals surface area contributed by atoms with Gasteiger partial charge in [0, 0.05) is 39.1 Å². The first-order chi connectivity index (χ1) is 19.3. The van der Waals surface area contributed by atoms with Gasteiger partial charge >= 0.3 is 0 Å². The van der Waals surface area contributed by atoms with E-state index in [2.05, 4.69) is 156 Å². The van der Waals surface area contributed by atoms with E-state index in [0.29, 0.717) is 0 Å². The topological polar surface area (TPSA) is 9.86 Å². The predicted molar refractivity (Wildman–Crippen MR) is 165 cm³/mol. The molecular formula is C37H26N2. The molecule has 0 aliphatic carbocycles. The SMILES string of the molecule is Cc1ccccc1-n1ccc2ccc3c(ccc4c3c3ccccc3n4-c3cccc(-c4ccccc4)c3)c21. The summed E-state index contributed by atoms with van der Waals surface area (Å²) in [6, 6.07) is 48.3. The van der Waals surface area contributed by atoms with Crippen LogP contribution in [-0.2, 0) is 0 Å². The molecule has 0 fully saturated rings. The Bertz CT molecular complexity index is 2180. The molecular weight excluding hydrogens is 472 g/mol. The predicted octanol–water partition coefficient (Wildman–Crippen LogP) is 9.86. The van der Waals surface area contributed by atoms with Crippen molar-refractivity contribution < 1.29 is 0 Å². The lowest BCUT2D eigenvalue weighted by atomic mass is 10.0. The molecule has 2 nitrogen and oxygen atoms in total. The van der Waals surface area contributed by atoms with E-state index in [4.69, 9.17) is 0 Å². The van der Waals surface area contributed by atoms with Crippen molar-refractivity contribution in [3.63, 3.8) is 0 Å². The highest BCUT2D eigenvalue weighted by molar-refractivity contribution is 6.25. The minimum Gasteiger partial charge on any atom is -0.316 e. The van der Waals surface area contributed by atoms with E-state index in [1.165, 1.54) is 71.5 Å². The third kappa shape index (κ3) is 3.28. The van der Waals surface area contributed by atoms with E-state index in [9.17, 15) is 0 Å². The normalized spacial score (nSPS) is 11.7. The summed E-state index contributed by atoms with van der Waals surface area (Å²) in [5, 5.41) is 6.38. The average molecular weight is 499 g/mol. The minimum absolute atomic E-state index is 1.17. The van der Waals surface area contributed by atoms with Crippen LogP contribution >= 0.6 is 0 Å². The highest BCUT2D eigenvalue weighted by Crippen LogP contribution is 2.40. The van der Waals surface area contributed by atoms with Crippen molar-refractivity contribution in [2.75, 3.05) is 0 Å². The molecule has 0 aliphatic rings. The zero-order chi connectivity index (χ0) is 25.9. The van der Waals surface area contributed by atoms with E-state index in [0.717, 1.165) is 0 Å². The molecule has 2 heteroatoms. The van der Waals surface area contributed by atoms with Crippen LogP contribution in [0, 0.1) is 6.92 Å². The quantitative estimate of drug-likeness (QED) is 0.229. The summed E-state index contributed by atoms with van der Waals surface area (Å²) >= 11 is 0. The standard InChI is InChI=1S/C37H26N2/c1-25-10-5-7-16-33(25)38-23-22-27-18-19-30-31(37(27)38)20-21-35-36(30)32-15-6-8-17-34(32)39(35)29-14-9-13-28(24-29)26-11-3-2-4-12-26/h2-24H,1H3. The zero-order valence-electron chi connectivity index (χ0n) is 21.7. The summed E-state index contributed by atoms with van der Waals surface area (Å²) in [5.41, 5.74) is 9.81. The minimum atomic E-state index is 1.17. The fourth-order valence-electron chi connectivity index (χ4n) is 6.27. The van der Waals surface area contributed by atoms with Gasteiger partial charge in [0.2, 0.25) is 0 Å². The number of benzene rings is 6. The summed E-state index contributed by atoms with van der Waals surface area (Å²) in [6.07, 6.45) is 2.20. The van der Waals surface area contributed by atoms with Crippen LogP contribution in [0.5, 0.6) is 0 Å². The molecule has 8 rings (SSSR count). The molecule has 0 bridgehead atoms. The third-order valence-electron chi connectivity index (χ3n) is 8.07. The van der Waals surface area contributed by atoms with Gasteiger partial charge in [-0.2, -0.15) is 0 Å². The number of para-hydroxylation sites is 2. The van der Waals surface area contributed by atoms with Gasteiger partial charge in [0.1, 0.15) is 0 Å². The second-order valence-corrected chi connectivity index (χ2v) is 10.3. The lowest BCUT2D eigenvalue weighted by molar-refractivity contribution is 1.11. The number of aryl methyl sites for hydroxylation is 1. The molecule has 0 spiro atoms. The summed E-state index contributed by atoms with van der Waals surface area (Å²) in [7, 11) is 0. The van der Waals surface area contributed by atoms with Crippen molar-refractivity contribution in [2.24, 2.45) is 0 Å². The van der Waals surface area contributed by atoms with E-state index < -0.39 is 0 Å². The van der Waals surface area contributed by atoms with E-state index in [-0.39, 0.29) is 0 Å². The molecule has 8 aromatic rings. The fourth-order valence-corrected chi connectivity index (χ4v) is 6.27. The Balaban J connectivity index is 1.45. The molecule has 0 saturated carbocycles. The number of nitrogens with zero attached hydrogens (tertiary/aromatic N) is 2. The third-order valence-corrected chi connectivity index (χ3v) is 8.07. The number of hydrogen-bond donors (Lipinski definition) is 0. The Kier molecular flexibility index (Phi) is 4.77. The van der Waals surface area contributed by atoms with Gasteiger partial charge in [-0.3, -0.25) is 0 Å². The number of rotatable bonds is 3. The summed E-state index contributed by atoms with van der Waals surface area (Å²) in [4.78, 5) is 0. The van der Waals surface area contributed by atoms with Gasteiger partial charge in [-0.15, -0.1) is 0 Å². The van der Waals surface area contributed by atoms with Crippen LogP contribution in [-0.4, -0.2) is 9.13 Å². The van der Waals surface area contributed by atoms with Crippen LogP contribution in [0.25, 0.3) is 66.0 Å². The maximum Gasteiger partial charge on any atom is 0.0607 e. The maximum absolute atomic E-state index is 2.42. The molecule has 6 aromatic carbocycles. The smallest absolute Gasteiger partial charge is 0.0607 e. The molecule has 0 unspecified atom stereocenters. The number of hydrogen-bond acceptors (Lipinski definition) is 0. The molecule has 184 valence electrons. The van der Waals surface area contributed by atoms with Crippen LogP contribution in [0.1, 0.15) is 5.56 Å². The summed E-state index contributed by atoms with van der Waals surface area (Å²) in [5.74, 6) is 0. The Morgan fingerprint density at radius 3 is 2.18 bits per heavy atom. The first-order valence-electron chi connectivity index (χ1n) is 13.5. The fraction of sp³-hybridized carbons (Fsp3) is 0.0270. The monoisotopic (exact) mass is 498 g/mol. The molecule has 2 heterocycles. The van der Waals surface area contributed by atoms with Crippen molar-refractivity contribution in [3.05, 3.63) is 145 Å². The second kappa shape index (κ2) is 8.47. The van der Waals surface area contributed by atoms with Crippen LogP contribution in [0.15, 0.2) is 140 Å².